The predicted molar refractivity (Wildman–Crippen MR) is 99.5 cm³/mol. The summed E-state index contributed by atoms with van der Waals surface area (Å²) in [6.45, 7) is 1.46. The molecular formula is C22H27NO2. The van der Waals surface area contributed by atoms with E-state index >= 15 is 0 Å². The van der Waals surface area contributed by atoms with Crippen LogP contribution in [0.1, 0.15) is 49.3 Å². The van der Waals surface area contributed by atoms with E-state index in [2.05, 4.69) is 35.6 Å². The van der Waals surface area contributed by atoms with Crippen LogP contribution in [-0.2, 0) is 6.61 Å². The van der Waals surface area contributed by atoms with Gasteiger partial charge in [0.2, 0.25) is 0 Å². The van der Waals surface area contributed by atoms with Crippen molar-refractivity contribution in [1.29, 1.82) is 0 Å². The fourth-order valence-corrected chi connectivity index (χ4v) is 4.51. The summed E-state index contributed by atoms with van der Waals surface area (Å²) in [5.41, 5.74) is 1.91. The van der Waals surface area contributed by atoms with Gasteiger partial charge in [0.25, 0.3) is 0 Å². The van der Waals surface area contributed by atoms with Gasteiger partial charge in [0.15, 0.2) is 0 Å². The average Bonchev–Trinajstić information content (AvgIpc) is 2.66. The molecule has 2 aromatic rings. The van der Waals surface area contributed by atoms with E-state index in [4.69, 9.17) is 4.74 Å². The highest BCUT2D eigenvalue weighted by atomic mass is 16.5. The Labute approximate surface area is 150 Å². The van der Waals surface area contributed by atoms with Crippen LogP contribution in [0.5, 0.6) is 5.75 Å². The molecule has 0 aromatic heterocycles. The highest BCUT2D eigenvalue weighted by Crippen LogP contribution is 2.45. The Bertz CT molecular complexity index is 698. The molecule has 1 saturated carbocycles. The maximum Gasteiger partial charge on any atom is 0.120 e. The third kappa shape index (κ3) is 3.58. The molecule has 0 spiro atoms. The first-order chi connectivity index (χ1) is 12.2. The van der Waals surface area contributed by atoms with E-state index in [1.807, 2.05) is 24.3 Å². The topological polar surface area (TPSA) is 41.5 Å². The molecule has 25 heavy (non-hydrogen) atoms. The van der Waals surface area contributed by atoms with E-state index in [1.54, 1.807) is 0 Å². The molecule has 0 amide bonds. The van der Waals surface area contributed by atoms with Gasteiger partial charge in [0, 0.05) is 12.0 Å². The van der Waals surface area contributed by atoms with Crippen LogP contribution in [0, 0.1) is 5.92 Å². The Kier molecular flexibility index (Phi) is 4.78. The van der Waals surface area contributed by atoms with E-state index in [0.717, 1.165) is 38.0 Å². The first kappa shape index (κ1) is 16.6. The largest absolute Gasteiger partial charge is 0.489 e. The number of ether oxygens (including phenoxy) is 1. The van der Waals surface area contributed by atoms with Gasteiger partial charge in [-0.1, -0.05) is 55.3 Å². The third-order valence-corrected chi connectivity index (χ3v) is 5.86. The second-order valence-electron chi connectivity index (χ2n) is 7.48. The molecule has 0 radical (unpaired) electrons. The van der Waals surface area contributed by atoms with Crippen LogP contribution in [0.2, 0.25) is 0 Å². The molecule has 2 N–H and O–H groups in total. The van der Waals surface area contributed by atoms with Crippen LogP contribution in [0.3, 0.4) is 0 Å². The molecule has 2 fully saturated rings. The quantitative estimate of drug-likeness (QED) is 0.877. The van der Waals surface area contributed by atoms with Crippen molar-refractivity contribution in [2.45, 2.75) is 50.4 Å². The SMILES string of the molecule is O[C@@]12CCCC[C@@H]1[C@@H](c1cccc(OCc3ccccc3)c1)NCC2. The minimum Gasteiger partial charge on any atom is -0.489 e. The summed E-state index contributed by atoms with van der Waals surface area (Å²) >= 11 is 0. The minimum absolute atomic E-state index is 0.222. The number of hydrogen-bond donors (Lipinski definition) is 2. The zero-order valence-corrected chi connectivity index (χ0v) is 14.7. The Morgan fingerprint density at radius 3 is 2.80 bits per heavy atom. The van der Waals surface area contributed by atoms with Gasteiger partial charge in [-0.15, -0.1) is 0 Å². The number of piperidine rings is 1. The van der Waals surface area contributed by atoms with Gasteiger partial charge in [0.1, 0.15) is 12.4 Å². The molecule has 3 atom stereocenters. The summed E-state index contributed by atoms with van der Waals surface area (Å²) in [5.74, 6) is 1.20. The lowest BCUT2D eigenvalue weighted by atomic mass is 9.67. The van der Waals surface area contributed by atoms with Gasteiger partial charge < -0.3 is 15.2 Å². The molecule has 3 nitrogen and oxygen atoms in total. The first-order valence-electron chi connectivity index (χ1n) is 9.47. The zero-order valence-electron chi connectivity index (χ0n) is 14.7. The number of nitrogens with one attached hydrogen (secondary N) is 1. The lowest BCUT2D eigenvalue weighted by molar-refractivity contribution is -0.0861. The Morgan fingerprint density at radius 2 is 1.92 bits per heavy atom. The summed E-state index contributed by atoms with van der Waals surface area (Å²) in [4.78, 5) is 0. The fourth-order valence-electron chi connectivity index (χ4n) is 4.51. The van der Waals surface area contributed by atoms with Crippen molar-refractivity contribution in [3.05, 3.63) is 65.7 Å². The van der Waals surface area contributed by atoms with Gasteiger partial charge >= 0.3 is 0 Å². The van der Waals surface area contributed by atoms with Gasteiger partial charge in [0.05, 0.1) is 5.60 Å². The molecule has 4 rings (SSSR count). The molecule has 2 aromatic carbocycles. The highest BCUT2D eigenvalue weighted by Gasteiger charge is 2.45. The molecule has 1 aliphatic carbocycles. The maximum absolute atomic E-state index is 11.1. The van der Waals surface area contributed by atoms with E-state index < -0.39 is 5.60 Å². The van der Waals surface area contributed by atoms with Crippen LogP contribution in [-0.4, -0.2) is 17.3 Å². The van der Waals surface area contributed by atoms with Crippen LogP contribution in [0.25, 0.3) is 0 Å². The van der Waals surface area contributed by atoms with Crippen LogP contribution in [0.15, 0.2) is 54.6 Å². The van der Waals surface area contributed by atoms with Gasteiger partial charge in [-0.3, -0.25) is 0 Å². The van der Waals surface area contributed by atoms with Gasteiger partial charge in [-0.2, -0.15) is 0 Å². The summed E-state index contributed by atoms with van der Waals surface area (Å²) in [7, 11) is 0. The number of rotatable bonds is 4. The minimum atomic E-state index is -0.491. The van der Waals surface area contributed by atoms with Crippen molar-refractivity contribution in [1.82, 2.24) is 5.32 Å². The maximum atomic E-state index is 11.1. The van der Waals surface area contributed by atoms with Gasteiger partial charge in [-0.25, -0.2) is 0 Å². The van der Waals surface area contributed by atoms with Crippen molar-refractivity contribution in [3.63, 3.8) is 0 Å². The highest BCUT2D eigenvalue weighted by molar-refractivity contribution is 5.32. The Balaban J connectivity index is 1.50. The number of fused-ring (bicyclic) bond motifs is 1. The molecule has 132 valence electrons. The molecule has 3 heteroatoms. The van der Waals surface area contributed by atoms with Crippen molar-refractivity contribution >= 4 is 0 Å². The summed E-state index contributed by atoms with van der Waals surface area (Å²) in [5, 5.41) is 14.7. The zero-order chi connectivity index (χ0) is 17.1. The Hall–Kier alpha value is -1.84. The van der Waals surface area contributed by atoms with E-state index in [0.29, 0.717) is 12.5 Å². The smallest absolute Gasteiger partial charge is 0.120 e. The molecule has 0 unspecified atom stereocenters. The van der Waals surface area contributed by atoms with Crippen molar-refractivity contribution in [2.75, 3.05) is 6.54 Å². The lowest BCUT2D eigenvalue weighted by Gasteiger charge is -2.48. The average molecular weight is 337 g/mol. The third-order valence-electron chi connectivity index (χ3n) is 5.86. The van der Waals surface area contributed by atoms with Crippen LogP contribution < -0.4 is 10.1 Å². The molecule has 2 aliphatic rings. The second-order valence-corrected chi connectivity index (χ2v) is 7.48. The van der Waals surface area contributed by atoms with Gasteiger partial charge in [-0.05, 0) is 49.1 Å². The molecule has 0 bridgehead atoms. The summed E-state index contributed by atoms with van der Waals surface area (Å²) < 4.78 is 5.99. The van der Waals surface area contributed by atoms with Crippen molar-refractivity contribution in [2.24, 2.45) is 5.92 Å². The normalized spacial score (nSPS) is 29.0. The molecule has 1 aliphatic heterocycles. The number of aliphatic hydroxyl groups is 1. The second kappa shape index (κ2) is 7.19. The number of benzene rings is 2. The monoisotopic (exact) mass is 337 g/mol. The molecular weight excluding hydrogens is 310 g/mol. The van der Waals surface area contributed by atoms with E-state index in [9.17, 15) is 5.11 Å². The van der Waals surface area contributed by atoms with E-state index in [-0.39, 0.29) is 6.04 Å². The van der Waals surface area contributed by atoms with E-state index in [1.165, 1.54) is 17.5 Å². The summed E-state index contributed by atoms with van der Waals surface area (Å²) in [6, 6.07) is 18.8. The fraction of sp³-hybridized carbons (Fsp3) is 0.455. The summed E-state index contributed by atoms with van der Waals surface area (Å²) in [6.07, 6.45) is 5.29. The number of hydrogen-bond acceptors (Lipinski definition) is 3. The molecule has 1 saturated heterocycles. The lowest BCUT2D eigenvalue weighted by Crippen LogP contribution is -2.53. The Morgan fingerprint density at radius 1 is 1.04 bits per heavy atom. The van der Waals surface area contributed by atoms with Crippen LogP contribution >= 0.6 is 0 Å². The first-order valence-corrected chi connectivity index (χ1v) is 9.47. The van der Waals surface area contributed by atoms with Crippen molar-refractivity contribution < 1.29 is 9.84 Å². The predicted octanol–water partition coefficient (Wildman–Crippen LogP) is 4.22. The van der Waals surface area contributed by atoms with Crippen molar-refractivity contribution in [3.8, 4) is 5.75 Å². The standard InChI is InChI=1S/C22H27NO2/c24-22-12-5-4-11-20(22)21(23-14-13-22)18-9-6-10-19(15-18)25-16-17-7-2-1-3-8-17/h1-3,6-10,15,20-21,23-24H,4-5,11-14,16H2/t20-,21-,22-/m1/s1. The molecule has 1 heterocycles. The van der Waals surface area contributed by atoms with Crippen LogP contribution in [0.4, 0.5) is 0 Å².